The number of Topliss-reactive ketones (excluding diaryl/α,β-unsaturated/α-hetero) is 1. The number of carbonyl (C=O) groups is 1. The molecule has 0 spiro atoms. The number of ketones is 1. The van der Waals surface area contributed by atoms with Crippen molar-refractivity contribution in [2.45, 2.75) is 27.2 Å². The van der Waals surface area contributed by atoms with Crippen LogP contribution in [0, 0.1) is 5.41 Å². The maximum atomic E-state index is 10.8. The van der Waals surface area contributed by atoms with E-state index in [2.05, 4.69) is 0 Å². The van der Waals surface area contributed by atoms with Crippen LogP contribution in [-0.2, 0) is 4.79 Å². The molecule has 0 fully saturated rings. The second kappa shape index (κ2) is 3.99. The van der Waals surface area contributed by atoms with E-state index in [0.29, 0.717) is 6.42 Å². The number of allylic oxidation sites excluding steroid dienone is 2. The first kappa shape index (κ1) is 9.08. The summed E-state index contributed by atoms with van der Waals surface area (Å²) in [4.78, 5) is 10.8. The number of rotatable bonds is 3. The molecule has 56 valence electrons. The van der Waals surface area contributed by atoms with Crippen molar-refractivity contribution in [3.05, 3.63) is 11.6 Å². The zero-order valence-corrected chi connectivity index (χ0v) is 6.69. The molecule has 0 aliphatic heterocycles. The summed E-state index contributed by atoms with van der Waals surface area (Å²) in [7, 11) is 0. The van der Waals surface area contributed by atoms with Gasteiger partial charge in [0.15, 0.2) is 5.78 Å². The van der Waals surface area contributed by atoms with Crippen molar-refractivity contribution in [2.24, 2.45) is 0 Å². The first-order valence-corrected chi connectivity index (χ1v) is 3.34. The highest BCUT2D eigenvalue weighted by Crippen LogP contribution is 1.92. The van der Waals surface area contributed by atoms with Crippen molar-refractivity contribution in [3.63, 3.8) is 0 Å². The van der Waals surface area contributed by atoms with Crippen molar-refractivity contribution >= 4 is 11.5 Å². The lowest BCUT2D eigenvalue weighted by Gasteiger charge is -1.92. The van der Waals surface area contributed by atoms with E-state index in [4.69, 9.17) is 5.41 Å². The third kappa shape index (κ3) is 3.17. The Bertz CT molecular complexity index is 176. The van der Waals surface area contributed by atoms with Crippen LogP contribution in [0.2, 0.25) is 0 Å². The maximum Gasteiger partial charge on any atom is 0.180 e. The second-order valence-electron chi connectivity index (χ2n) is 2.41. The van der Waals surface area contributed by atoms with Gasteiger partial charge in [0, 0.05) is 6.42 Å². The van der Waals surface area contributed by atoms with Gasteiger partial charge in [0.05, 0.1) is 5.71 Å². The Hall–Kier alpha value is -0.920. The zero-order valence-electron chi connectivity index (χ0n) is 6.69. The van der Waals surface area contributed by atoms with E-state index in [1.54, 1.807) is 13.0 Å². The predicted molar refractivity (Wildman–Crippen MR) is 42.5 cm³/mol. The molecule has 2 heteroatoms. The van der Waals surface area contributed by atoms with E-state index in [0.717, 1.165) is 5.57 Å². The predicted octanol–water partition coefficient (Wildman–Crippen LogP) is 1.95. The minimum atomic E-state index is -0.0961. The molecule has 2 nitrogen and oxygen atoms in total. The fraction of sp³-hybridized carbons (Fsp3) is 0.500. The molecular weight excluding hydrogens is 126 g/mol. The van der Waals surface area contributed by atoms with Crippen LogP contribution >= 0.6 is 0 Å². The van der Waals surface area contributed by atoms with Crippen molar-refractivity contribution in [3.8, 4) is 0 Å². The molecule has 0 amide bonds. The Morgan fingerprint density at radius 2 is 2.00 bits per heavy atom. The van der Waals surface area contributed by atoms with Crippen molar-refractivity contribution in [1.82, 2.24) is 0 Å². The Kier molecular flexibility index (Phi) is 3.62. The Morgan fingerprint density at radius 1 is 1.50 bits per heavy atom. The van der Waals surface area contributed by atoms with Gasteiger partial charge in [0.25, 0.3) is 0 Å². The first-order valence-electron chi connectivity index (χ1n) is 3.34. The van der Waals surface area contributed by atoms with E-state index in [-0.39, 0.29) is 11.5 Å². The Labute approximate surface area is 61.5 Å². The third-order valence-electron chi connectivity index (χ3n) is 1.05. The number of nitrogens with one attached hydrogen (secondary N) is 1. The molecular formula is C8H13NO. The highest BCUT2D eigenvalue weighted by molar-refractivity contribution is 6.42. The zero-order chi connectivity index (χ0) is 8.15. The number of carbonyl (C=O) groups excluding carboxylic acids is 1. The molecule has 0 aromatic heterocycles. The molecule has 0 aromatic rings. The monoisotopic (exact) mass is 139 g/mol. The van der Waals surface area contributed by atoms with Gasteiger partial charge in [-0.05, 0) is 19.9 Å². The topological polar surface area (TPSA) is 40.9 Å². The van der Waals surface area contributed by atoms with Crippen LogP contribution in [0.4, 0.5) is 0 Å². The van der Waals surface area contributed by atoms with E-state index in [9.17, 15) is 4.79 Å². The van der Waals surface area contributed by atoms with Crippen LogP contribution in [0.15, 0.2) is 11.6 Å². The molecule has 0 saturated heterocycles. The lowest BCUT2D eigenvalue weighted by Crippen LogP contribution is -2.08. The highest BCUT2D eigenvalue weighted by atomic mass is 16.1. The maximum absolute atomic E-state index is 10.8. The van der Waals surface area contributed by atoms with Gasteiger partial charge >= 0.3 is 0 Å². The third-order valence-corrected chi connectivity index (χ3v) is 1.05. The van der Waals surface area contributed by atoms with Gasteiger partial charge in [-0.2, -0.15) is 0 Å². The van der Waals surface area contributed by atoms with E-state index in [1.165, 1.54) is 0 Å². The summed E-state index contributed by atoms with van der Waals surface area (Å²) >= 11 is 0. The Balaban J connectivity index is 4.11. The molecule has 0 aromatic carbocycles. The summed E-state index contributed by atoms with van der Waals surface area (Å²) in [6, 6.07) is 0. The molecule has 0 atom stereocenters. The van der Waals surface area contributed by atoms with Crippen molar-refractivity contribution in [1.29, 1.82) is 5.41 Å². The summed E-state index contributed by atoms with van der Waals surface area (Å²) in [5, 5.41) is 7.20. The minimum absolute atomic E-state index is 0.0961. The molecule has 1 N–H and O–H groups in total. The summed E-state index contributed by atoms with van der Waals surface area (Å²) in [5.74, 6) is -0.0961. The SMILES string of the molecule is CCC(=O)C(=N)C=C(C)C. The summed E-state index contributed by atoms with van der Waals surface area (Å²) in [5.41, 5.74) is 1.11. The van der Waals surface area contributed by atoms with E-state index >= 15 is 0 Å². The molecule has 0 saturated carbocycles. The standard InChI is InChI=1S/C8H13NO/c1-4-8(10)7(9)5-6(2)3/h5,9H,4H2,1-3H3. The quantitative estimate of drug-likeness (QED) is 0.596. The number of hydrogen-bond donors (Lipinski definition) is 1. The minimum Gasteiger partial charge on any atom is -0.297 e. The molecule has 0 rings (SSSR count). The lowest BCUT2D eigenvalue weighted by atomic mass is 10.1. The van der Waals surface area contributed by atoms with Crippen LogP contribution in [0.5, 0.6) is 0 Å². The van der Waals surface area contributed by atoms with Crippen LogP contribution < -0.4 is 0 Å². The lowest BCUT2D eigenvalue weighted by molar-refractivity contribution is -0.112. The molecule has 0 radical (unpaired) electrons. The summed E-state index contributed by atoms with van der Waals surface area (Å²) in [6.07, 6.45) is 2.01. The fourth-order valence-electron chi connectivity index (χ4n) is 0.560. The van der Waals surface area contributed by atoms with Gasteiger partial charge in [-0.1, -0.05) is 12.5 Å². The molecule has 0 heterocycles. The number of hydrogen-bond acceptors (Lipinski definition) is 2. The van der Waals surface area contributed by atoms with Crippen molar-refractivity contribution < 1.29 is 4.79 Å². The smallest absolute Gasteiger partial charge is 0.180 e. The summed E-state index contributed by atoms with van der Waals surface area (Å²) in [6.45, 7) is 5.50. The van der Waals surface area contributed by atoms with Gasteiger partial charge in [-0.3, -0.25) is 10.2 Å². The van der Waals surface area contributed by atoms with Crippen LogP contribution in [-0.4, -0.2) is 11.5 Å². The molecule has 0 unspecified atom stereocenters. The van der Waals surface area contributed by atoms with Gasteiger partial charge in [-0.15, -0.1) is 0 Å². The van der Waals surface area contributed by atoms with Crippen LogP contribution in [0.3, 0.4) is 0 Å². The molecule has 0 aliphatic carbocycles. The summed E-state index contributed by atoms with van der Waals surface area (Å²) < 4.78 is 0. The van der Waals surface area contributed by atoms with E-state index < -0.39 is 0 Å². The average molecular weight is 139 g/mol. The molecule has 10 heavy (non-hydrogen) atoms. The average Bonchev–Trinajstić information content (AvgIpc) is 1.85. The first-order chi connectivity index (χ1) is 4.57. The van der Waals surface area contributed by atoms with E-state index in [1.807, 2.05) is 13.8 Å². The Morgan fingerprint density at radius 3 is 2.30 bits per heavy atom. The largest absolute Gasteiger partial charge is 0.297 e. The van der Waals surface area contributed by atoms with Crippen molar-refractivity contribution in [2.75, 3.05) is 0 Å². The van der Waals surface area contributed by atoms with Gasteiger partial charge in [0.2, 0.25) is 0 Å². The molecule has 0 bridgehead atoms. The van der Waals surface area contributed by atoms with Gasteiger partial charge in [0.1, 0.15) is 0 Å². The van der Waals surface area contributed by atoms with Gasteiger partial charge < -0.3 is 0 Å². The van der Waals surface area contributed by atoms with Gasteiger partial charge in [-0.25, -0.2) is 0 Å². The van der Waals surface area contributed by atoms with Crippen LogP contribution in [0.25, 0.3) is 0 Å². The highest BCUT2D eigenvalue weighted by Gasteiger charge is 2.01. The molecule has 0 aliphatic rings. The van der Waals surface area contributed by atoms with Crippen LogP contribution in [0.1, 0.15) is 27.2 Å². The fourth-order valence-corrected chi connectivity index (χ4v) is 0.560. The normalized spacial score (nSPS) is 8.70. The second-order valence-corrected chi connectivity index (χ2v) is 2.41.